The summed E-state index contributed by atoms with van der Waals surface area (Å²) in [6, 6.07) is 0. The first-order valence-corrected chi connectivity index (χ1v) is 11.8. The number of hydrogen-bond acceptors (Lipinski definition) is 0. The number of rotatable bonds is 4. The third-order valence-corrected chi connectivity index (χ3v) is 9.31. The third kappa shape index (κ3) is 2.85. The first kappa shape index (κ1) is 18.8. The fourth-order valence-electron chi connectivity index (χ4n) is 7.58. The van der Waals surface area contributed by atoms with Gasteiger partial charge in [0.25, 0.3) is 0 Å². The van der Waals surface area contributed by atoms with E-state index in [9.17, 15) is 0 Å². The summed E-state index contributed by atoms with van der Waals surface area (Å²) in [7, 11) is 0. The van der Waals surface area contributed by atoms with E-state index in [0.717, 1.165) is 23.7 Å². The fraction of sp³-hybridized carbons (Fsp3) is 0.846. The van der Waals surface area contributed by atoms with Gasteiger partial charge in [0.2, 0.25) is 0 Å². The lowest BCUT2D eigenvalue weighted by Gasteiger charge is -2.53. The molecule has 1 saturated carbocycles. The summed E-state index contributed by atoms with van der Waals surface area (Å²) in [4.78, 5) is 0. The van der Waals surface area contributed by atoms with Crippen LogP contribution in [0, 0.1) is 34.5 Å². The van der Waals surface area contributed by atoms with Gasteiger partial charge in [-0.25, -0.2) is 0 Å². The van der Waals surface area contributed by atoms with Gasteiger partial charge >= 0.3 is 0 Å². The highest BCUT2D eigenvalue weighted by molar-refractivity contribution is 5.49. The summed E-state index contributed by atoms with van der Waals surface area (Å²) in [5, 5.41) is 0. The second-order valence-electron chi connectivity index (χ2n) is 11.2. The molecule has 0 aromatic rings. The zero-order chi connectivity index (χ0) is 18.5. The van der Waals surface area contributed by atoms with Gasteiger partial charge in [0.15, 0.2) is 0 Å². The van der Waals surface area contributed by atoms with Crippen LogP contribution in [0.2, 0.25) is 0 Å². The normalized spacial score (nSPS) is 40.8. The molecule has 0 amide bonds. The van der Waals surface area contributed by atoms with Crippen LogP contribution >= 0.6 is 0 Å². The van der Waals surface area contributed by atoms with E-state index in [4.69, 9.17) is 0 Å². The summed E-state index contributed by atoms with van der Waals surface area (Å²) in [5.41, 5.74) is 6.64. The van der Waals surface area contributed by atoms with Crippen molar-refractivity contribution in [2.24, 2.45) is 34.5 Å². The molecule has 26 heavy (non-hydrogen) atoms. The molecule has 4 aliphatic carbocycles. The predicted molar refractivity (Wildman–Crippen MR) is 113 cm³/mol. The summed E-state index contributed by atoms with van der Waals surface area (Å²) < 4.78 is 0. The standard InChI is InChI=1S/C26H42/c1-18(2)9-10-19(3)22-13-14-23-21-12-11-20-8-6-7-16-25(20,4)24(21)15-17-26(22,23)5/h14,18-20,22H,6-13,15-17H2,1-5H3/t19-,20-,22-,25+,26-/m1/s1. The Morgan fingerprint density at radius 2 is 1.77 bits per heavy atom. The quantitative estimate of drug-likeness (QED) is 0.478. The Kier molecular flexibility index (Phi) is 4.94. The van der Waals surface area contributed by atoms with Crippen molar-refractivity contribution in [2.75, 3.05) is 0 Å². The molecule has 1 fully saturated rings. The lowest BCUT2D eigenvalue weighted by atomic mass is 9.52. The van der Waals surface area contributed by atoms with Crippen LogP contribution in [0.5, 0.6) is 0 Å². The molecule has 0 aromatic heterocycles. The number of hydrogen-bond donors (Lipinski definition) is 0. The molecule has 0 radical (unpaired) electrons. The molecule has 0 heteroatoms. The van der Waals surface area contributed by atoms with E-state index in [0.29, 0.717) is 10.8 Å². The monoisotopic (exact) mass is 354 g/mol. The molecule has 0 spiro atoms. The molecule has 146 valence electrons. The topological polar surface area (TPSA) is 0 Å². The van der Waals surface area contributed by atoms with Gasteiger partial charge in [-0.2, -0.15) is 0 Å². The molecule has 0 N–H and O–H groups in total. The maximum absolute atomic E-state index is 2.71. The Balaban J connectivity index is 1.60. The van der Waals surface area contributed by atoms with Crippen molar-refractivity contribution in [2.45, 2.75) is 105 Å². The molecule has 0 unspecified atom stereocenters. The average molecular weight is 355 g/mol. The van der Waals surface area contributed by atoms with Crippen LogP contribution in [-0.4, -0.2) is 0 Å². The van der Waals surface area contributed by atoms with Gasteiger partial charge in [-0.3, -0.25) is 0 Å². The summed E-state index contributed by atoms with van der Waals surface area (Å²) in [5.74, 6) is 3.60. The predicted octanol–water partition coefficient (Wildman–Crippen LogP) is 8.09. The maximum Gasteiger partial charge on any atom is -0.00389 e. The molecular formula is C26H42. The fourth-order valence-corrected chi connectivity index (χ4v) is 7.58. The van der Waals surface area contributed by atoms with Crippen LogP contribution in [0.1, 0.15) is 105 Å². The molecule has 4 aliphatic rings. The molecule has 0 nitrogen and oxygen atoms in total. The SMILES string of the molecule is CC(C)CC[C@@H](C)[C@H]1CC=C2C3=C(CC[C@@]21C)[C@@]1(C)CCCC[C@@H]1CC3. The third-order valence-electron chi connectivity index (χ3n) is 9.31. The minimum atomic E-state index is 0.479. The van der Waals surface area contributed by atoms with Gasteiger partial charge in [0.05, 0.1) is 0 Å². The number of allylic oxidation sites excluding steroid dienone is 4. The van der Waals surface area contributed by atoms with Crippen LogP contribution in [0.4, 0.5) is 0 Å². The largest absolute Gasteiger partial charge is 0.0802 e. The van der Waals surface area contributed by atoms with Crippen molar-refractivity contribution in [3.63, 3.8) is 0 Å². The smallest absolute Gasteiger partial charge is 0.00389 e. The van der Waals surface area contributed by atoms with E-state index >= 15 is 0 Å². The van der Waals surface area contributed by atoms with Gasteiger partial charge in [-0.05, 0) is 90.6 Å². The minimum absolute atomic E-state index is 0.479. The Hall–Kier alpha value is -0.520. The molecular weight excluding hydrogens is 312 g/mol. The van der Waals surface area contributed by atoms with Crippen molar-refractivity contribution in [3.8, 4) is 0 Å². The Morgan fingerprint density at radius 1 is 0.962 bits per heavy atom. The van der Waals surface area contributed by atoms with E-state index in [1.54, 1.807) is 0 Å². The first-order valence-electron chi connectivity index (χ1n) is 11.8. The van der Waals surface area contributed by atoms with E-state index in [-0.39, 0.29) is 0 Å². The lowest BCUT2D eigenvalue weighted by Crippen LogP contribution is -2.41. The molecule has 0 saturated heterocycles. The highest BCUT2D eigenvalue weighted by Crippen LogP contribution is 2.64. The zero-order valence-electron chi connectivity index (χ0n) is 18.2. The van der Waals surface area contributed by atoms with Crippen molar-refractivity contribution < 1.29 is 0 Å². The molecule has 0 heterocycles. The van der Waals surface area contributed by atoms with Gasteiger partial charge in [0.1, 0.15) is 0 Å². The van der Waals surface area contributed by atoms with Crippen LogP contribution in [0.3, 0.4) is 0 Å². The maximum atomic E-state index is 2.71. The molecule has 4 rings (SSSR count). The van der Waals surface area contributed by atoms with E-state index < -0.39 is 0 Å². The highest BCUT2D eigenvalue weighted by atomic mass is 14.6. The van der Waals surface area contributed by atoms with Crippen molar-refractivity contribution >= 4 is 0 Å². The highest BCUT2D eigenvalue weighted by Gasteiger charge is 2.52. The molecule has 5 atom stereocenters. The van der Waals surface area contributed by atoms with E-state index in [1.807, 2.05) is 16.7 Å². The van der Waals surface area contributed by atoms with Crippen LogP contribution in [0.15, 0.2) is 22.8 Å². The number of fused-ring (bicyclic) bond motifs is 4. The van der Waals surface area contributed by atoms with Gasteiger partial charge in [-0.15, -0.1) is 0 Å². The lowest BCUT2D eigenvalue weighted by molar-refractivity contribution is 0.106. The first-order chi connectivity index (χ1) is 12.4. The summed E-state index contributed by atoms with van der Waals surface area (Å²) in [6.45, 7) is 12.6. The Morgan fingerprint density at radius 3 is 2.54 bits per heavy atom. The van der Waals surface area contributed by atoms with Crippen LogP contribution in [0.25, 0.3) is 0 Å². The van der Waals surface area contributed by atoms with Gasteiger partial charge in [0, 0.05) is 0 Å². The van der Waals surface area contributed by atoms with Crippen LogP contribution in [-0.2, 0) is 0 Å². The zero-order valence-corrected chi connectivity index (χ0v) is 18.2. The van der Waals surface area contributed by atoms with Crippen molar-refractivity contribution in [1.82, 2.24) is 0 Å². The average Bonchev–Trinajstić information content (AvgIpc) is 2.96. The summed E-state index contributed by atoms with van der Waals surface area (Å²) >= 11 is 0. The van der Waals surface area contributed by atoms with Crippen molar-refractivity contribution in [1.29, 1.82) is 0 Å². The Bertz CT molecular complexity index is 606. The second kappa shape index (κ2) is 6.82. The molecule has 0 aromatic carbocycles. The minimum Gasteiger partial charge on any atom is -0.0802 e. The van der Waals surface area contributed by atoms with Crippen LogP contribution < -0.4 is 0 Å². The summed E-state index contributed by atoms with van der Waals surface area (Å²) in [6.07, 6.45) is 18.5. The van der Waals surface area contributed by atoms with Gasteiger partial charge < -0.3 is 0 Å². The van der Waals surface area contributed by atoms with Crippen molar-refractivity contribution in [3.05, 3.63) is 22.8 Å². The van der Waals surface area contributed by atoms with E-state index in [1.165, 1.54) is 70.6 Å². The van der Waals surface area contributed by atoms with Gasteiger partial charge in [-0.1, -0.05) is 72.0 Å². The second-order valence-corrected chi connectivity index (χ2v) is 11.2. The van der Waals surface area contributed by atoms with E-state index in [2.05, 4.69) is 40.7 Å². The Labute approximate surface area is 162 Å². The molecule has 0 aliphatic heterocycles. The molecule has 0 bridgehead atoms.